The number of carbonyl (C=O) groups excluding carboxylic acids is 1. The molecule has 6 nitrogen and oxygen atoms in total. The van der Waals surface area contributed by atoms with Crippen LogP contribution in [-0.4, -0.2) is 28.6 Å². The molecule has 2 atom stereocenters. The molecule has 0 saturated carbocycles. The highest BCUT2D eigenvalue weighted by Gasteiger charge is 2.29. The first-order valence-corrected chi connectivity index (χ1v) is 9.45. The van der Waals surface area contributed by atoms with E-state index in [0.29, 0.717) is 11.5 Å². The number of nitrogens with zero attached hydrogens (tertiary/aromatic N) is 1. The van der Waals surface area contributed by atoms with E-state index in [1.165, 1.54) is 0 Å². The van der Waals surface area contributed by atoms with E-state index in [1.807, 2.05) is 66.7 Å². The van der Waals surface area contributed by atoms with E-state index in [4.69, 9.17) is 9.47 Å². The third kappa shape index (κ3) is 3.40. The molecule has 2 heterocycles. The fourth-order valence-corrected chi connectivity index (χ4v) is 3.52. The molecule has 0 fully saturated rings. The van der Waals surface area contributed by atoms with Gasteiger partial charge >= 0.3 is 0 Å². The van der Waals surface area contributed by atoms with Gasteiger partial charge in [-0.05, 0) is 35.4 Å². The molecular weight excluding hydrogens is 366 g/mol. The van der Waals surface area contributed by atoms with E-state index < -0.39 is 6.10 Å². The average molecular weight is 385 g/mol. The second kappa shape index (κ2) is 7.31. The van der Waals surface area contributed by atoms with Gasteiger partial charge in [0.05, 0.1) is 23.4 Å². The second-order valence-corrected chi connectivity index (χ2v) is 6.90. The number of benzene rings is 3. The lowest BCUT2D eigenvalue weighted by molar-refractivity contribution is -0.130. The lowest BCUT2D eigenvalue weighted by Crippen LogP contribution is -2.45. The minimum atomic E-state index is -0.716. The number of para-hydroxylation sites is 2. The Balaban J connectivity index is 1.43. The topological polar surface area (TPSA) is 76.2 Å². The zero-order chi connectivity index (χ0) is 19.6. The molecule has 4 aromatic rings. The van der Waals surface area contributed by atoms with E-state index in [2.05, 4.69) is 15.3 Å². The Kier molecular flexibility index (Phi) is 4.37. The number of nitrogens with one attached hydrogen (secondary N) is 2. The molecule has 1 aromatic heterocycles. The lowest BCUT2D eigenvalue weighted by atomic mass is 9.98. The Morgan fingerprint density at radius 1 is 1.00 bits per heavy atom. The molecule has 0 spiro atoms. The van der Waals surface area contributed by atoms with Crippen molar-refractivity contribution in [1.29, 1.82) is 0 Å². The van der Waals surface area contributed by atoms with Crippen molar-refractivity contribution in [2.24, 2.45) is 0 Å². The lowest BCUT2D eigenvalue weighted by Gasteiger charge is -2.28. The summed E-state index contributed by atoms with van der Waals surface area (Å²) in [6.45, 7) is 0.171. The van der Waals surface area contributed by atoms with Gasteiger partial charge in [0.25, 0.3) is 5.91 Å². The first-order chi connectivity index (χ1) is 14.3. The van der Waals surface area contributed by atoms with Gasteiger partial charge < -0.3 is 19.8 Å². The maximum atomic E-state index is 13.0. The fourth-order valence-electron chi connectivity index (χ4n) is 3.52. The van der Waals surface area contributed by atoms with Crippen LogP contribution in [-0.2, 0) is 4.79 Å². The minimum Gasteiger partial charge on any atom is -0.485 e. The van der Waals surface area contributed by atoms with Gasteiger partial charge in [-0.1, -0.05) is 48.5 Å². The van der Waals surface area contributed by atoms with Crippen LogP contribution >= 0.6 is 0 Å². The average Bonchev–Trinajstić information content (AvgIpc) is 3.25. The summed E-state index contributed by atoms with van der Waals surface area (Å²) in [5.74, 6) is 1.01. The van der Waals surface area contributed by atoms with Crippen molar-refractivity contribution in [3.05, 3.63) is 90.3 Å². The summed E-state index contributed by atoms with van der Waals surface area (Å²) in [5.41, 5.74) is 3.74. The van der Waals surface area contributed by atoms with Crippen molar-refractivity contribution in [3.63, 3.8) is 0 Å². The first-order valence-electron chi connectivity index (χ1n) is 9.45. The number of hydrogen-bond donors (Lipinski definition) is 2. The van der Waals surface area contributed by atoms with Crippen LogP contribution in [0.5, 0.6) is 11.5 Å². The van der Waals surface area contributed by atoms with E-state index >= 15 is 0 Å². The minimum absolute atomic E-state index is 0.171. The number of ether oxygens (including phenoxy) is 2. The molecular formula is C23H19N3O3. The number of carbonyl (C=O) groups is 1. The summed E-state index contributed by atoms with van der Waals surface area (Å²) in [6, 6.07) is 22.8. The number of rotatable bonds is 4. The summed E-state index contributed by atoms with van der Waals surface area (Å²) in [7, 11) is 0. The number of amides is 1. The van der Waals surface area contributed by atoms with Crippen LogP contribution in [0, 0.1) is 0 Å². The Bertz CT molecular complexity index is 1160. The number of aromatic amines is 1. The first kappa shape index (κ1) is 17.3. The number of hydrogen-bond acceptors (Lipinski definition) is 4. The quantitative estimate of drug-likeness (QED) is 0.563. The van der Waals surface area contributed by atoms with Crippen molar-refractivity contribution in [2.45, 2.75) is 12.1 Å². The summed E-state index contributed by atoms with van der Waals surface area (Å²) >= 11 is 0. The van der Waals surface area contributed by atoms with Crippen molar-refractivity contribution >= 4 is 16.9 Å². The summed E-state index contributed by atoms with van der Waals surface area (Å²) < 4.78 is 11.6. The molecule has 0 bridgehead atoms. The monoisotopic (exact) mass is 385 g/mol. The van der Waals surface area contributed by atoms with Crippen LogP contribution in [0.15, 0.2) is 79.1 Å². The van der Waals surface area contributed by atoms with Crippen molar-refractivity contribution in [2.75, 3.05) is 6.61 Å². The van der Waals surface area contributed by atoms with Crippen molar-refractivity contribution in [3.8, 4) is 11.5 Å². The van der Waals surface area contributed by atoms with Crippen LogP contribution in [0.3, 0.4) is 0 Å². The highest BCUT2D eigenvalue weighted by Crippen LogP contribution is 2.31. The Morgan fingerprint density at radius 2 is 1.79 bits per heavy atom. The van der Waals surface area contributed by atoms with E-state index in [-0.39, 0.29) is 18.6 Å². The molecule has 3 aromatic carbocycles. The molecule has 144 valence electrons. The van der Waals surface area contributed by atoms with Crippen LogP contribution in [0.1, 0.15) is 17.2 Å². The molecule has 1 aliphatic rings. The maximum absolute atomic E-state index is 13.0. The van der Waals surface area contributed by atoms with Crippen LogP contribution < -0.4 is 14.8 Å². The van der Waals surface area contributed by atoms with Crippen LogP contribution in [0.4, 0.5) is 0 Å². The zero-order valence-electron chi connectivity index (χ0n) is 15.5. The van der Waals surface area contributed by atoms with Gasteiger partial charge in [0, 0.05) is 0 Å². The van der Waals surface area contributed by atoms with E-state index in [1.54, 1.807) is 12.4 Å². The van der Waals surface area contributed by atoms with E-state index in [9.17, 15) is 4.79 Å². The third-order valence-electron chi connectivity index (χ3n) is 5.00. The highest BCUT2D eigenvalue weighted by atomic mass is 16.6. The standard InChI is InChI=1S/C23H19N3O3/c27-23(21-13-28-19-8-4-5-9-20(19)29-21)26-22(15-6-2-1-3-7-15)16-10-11-17-18(12-16)25-14-24-17/h1-12,14,21-22H,13H2,(H,24,25)(H,26,27)/t21-,22+/m1/s1. The second-order valence-electron chi connectivity index (χ2n) is 6.90. The molecule has 29 heavy (non-hydrogen) atoms. The van der Waals surface area contributed by atoms with Crippen LogP contribution in [0.2, 0.25) is 0 Å². The van der Waals surface area contributed by atoms with Gasteiger partial charge in [-0.15, -0.1) is 0 Å². The maximum Gasteiger partial charge on any atom is 0.265 e. The van der Waals surface area contributed by atoms with Gasteiger partial charge in [0.1, 0.15) is 6.61 Å². The smallest absolute Gasteiger partial charge is 0.265 e. The van der Waals surface area contributed by atoms with Gasteiger partial charge in [0.15, 0.2) is 11.5 Å². The van der Waals surface area contributed by atoms with Gasteiger partial charge in [-0.2, -0.15) is 0 Å². The summed E-state index contributed by atoms with van der Waals surface area (Å²) in [5, 5.41) is 3.13. The Morgan fingerprint density at radius 3 is 2.66 bits per heavy atom. The normalized spacial score (nSPS) is 16.3. The number of imidazole rings is 1. The zero-order valence-corrected chi connectivity index (χ0v) is 15.5. The molecule has 0 aliphatic carbocycles. The Labute approximate surface area is 167 Å². The molecule has 5 rings (SSSR count). The summed E-state index contributed by atoms with van der Waals surface area (Å²) in [4.78, 5) is 20.4. The molecule has 0 saturated heterocycles. The number of aromatic nitrogens is 2. The van der Waals surface area contributed by atoms with E-state index in [0.717, 1.165) is 22.2 Å². The van der Waals surface area contributed by atoms with Gasteiger partial charge in [-0.3, -0.25) is 4.79 Å². The third-order valence-corrected chi connectivity index (χ3v) is 5.00. The molecule has 6 heteroatoms. The molecule has 1 amide bonds. The molecule has 0 radical (unpaired) electrons. The Hall–Kier alpha value is -3.80. The number of fused-ring (bicyclic) bond motifs is 2. The van der Waals surface area contributed by atoms with Gasteiger partial charge in [-0.25, -0.2) is 4.98 Å². The van der Waals surface area contributed by atoms with Crippen molar-refractivity contribution < 1.29 is 14.3 Å². The van der Waals surface area contributed by atoms with Crippen molar-refractivity contribution in [1.82, 2.24) is 15.3 Å². The molecule has 2 N–H and O–H groups in total. The number of H-pyrrole nitrogens is 1. The predicted molar refractivity (Wildman–Crippen MR) is 109 cm³/mol. The highest BCUT2D eigenvalue weighted by molar-refractivity contribution is 5.83. The predicted octanol–water partition coefficient (Wildman–Crippen LogP) is 3.61. The molecule has 1 aliphatic heterocycles. The summed E-state index contributed by atoms with van der Waals surface area (Å²) in [6.07, 6.45) is 0.946. The van der Waals surface area contributed by atoms with Crippen LogP contribution in [0.25, 0.3) is 11.0 Å². The SMILES string of the molecule is O=C(N[C@@H](c1ccccc1)c1ccc2nc[nH]c2c1)[C@H]1COc2ccccc2O1. The van der Waals surface area contributed by atoms with Gasteiger partial charge in [0.2, 0.25) is 6.10 Å². The fraction of sp³-hybridized carbons (Fsp3) is 0.130. The molecule has 0 unspecified atom stereocenters. The largest absolute Gasteiger partial charge is 0.485 e.